The highest BCUT2D eigenvalue weighted by molar-refractivity contribution is 7.92. The lowest BCUT2D eigenvalue weighted by Crippen LogP contribution is -2.51. The van der Waals surface area contributed by atoms with Gasteiger partial charge in [0, 0.05) is 13.1 Å². The molecule has 0 radical (unpaired) electrons. The summed E-state index contributed by atoms with van der Waals surface area (Å²) in [5.74, 6) is 1.61. The molecule has 1 atom stereocenters. The molecule has 4 aliphatic carbocycles. The number of hydrogen-bond donors (Lipinski definition) is 1. The summed E-state index contributed by atoms with van der Waals surface area (Å²) in [5.41, 5.74) is 2.60. The Hall–Kier alpha value is -2.29. The summed E-state index contributed by atoms with van der Waals surface area (Å²) in [6.07, 6.45) is 9.57. The summed E-state index contributed by atoms with van der Waals surface area (Å²) in [6, 6.07) is 12.0. The van der Waals surface area contributed by atoms with Crippen LogP contribution in [0.2, 0.25) is 10.0 Å². The van der Waals surface area contributed by atoms with Gasteiger partial charge in [-0.3, -0.25) is 13.9 Å². The fraction of sp³-hybridized carbons (Fsp3) is 0.562. The van der Waals surface area contributed by atoms with Gasteiger partial charge in [0.25, 0.3) is 0 Å². The molecule has 4 fully saturated rings. The van der Waals surface area contributed by atoms with Gasteiger partial charge >= 0.3 is 0 Å². The van der Waals surface area contributed by atoms with E-state index in [1.165, 1.54) is 49.0 Å². The first-order valence-electron chi connectivity index (χ1n) is 15.0. The Bertz CT molecular complexity index is 1390. The lowest BCUT2D eigenvalue weighted by molar-refractivity contribution is -0.139. The van der Waals surface area contributed by atoms with Crippen LogP contribution >= 0.6 is 23.2 Å². The van der Waals surface area contributed by atoms with Gasteiger partial charge in [-0.1, -0.05) is 48.3 Å². The zero-order chi connectivity index (χ0) is 30.2. The molecular formula is C32H41Cl2N3O4S. The van der Waals surface area contributed by atoms with Crippen LogP contribution in [-0.4, -0.2) is 50.5 Å². The number of nitrogens with one attached hydrogen (secondary N) is 1. The first kappa shape index (κ1) is 31.1. The molecule has 10 heteroatoms. The molecule has 0 aliphatic heterocycles. The molecule has 0 saturated heterocycles. The zero-order valence-corrected chi connectivity index (χ0v) is 26.9. The number of amides is 2. The molecule has 7 nitrogen and oxygen atoms in total. The standard InChI is InChI=1S/C32H41Cl2N3O4S/c1-4-11-35-31(39)21(2)36(19-22-5-10-28(33)29(34)15-22)30(38)20-37(42(3,40)41)27-8-6-26(7-9-27)32-16-23-12-24(17-32)14-25(13-23)18-32/h5-10,15,21,23-25H,4,11-14,16-20H2,1-3H3,(H,35,39). The molecule has 42 heavy (non-hydrogen) atoms. The summed E-state index contributed by atoms with van der Waals surface area (Å²) in [4.78, 5) is 28.2. The highest BCUT2D eigenvalue weighted by atomic mass is 35.5. The van der Waals surface area contributed by atoms with Crippen molar-refractivity contribution in [1.29, 1.82) is 0 Å². The van der Waals surface area contributed by atoms with Gasteiger partial charge in [-0.25, -0.2) is 8.42 Å². The van der Waals surface area contributed by atoms with Gasteiger partial charge in [0.05, 0.1) is 22.0 Å². The normalized spacial score (nSPS) is 25.2. The predicted octanol–water partition coefficient (Wildman–Crippen LogP) is 6.17. The van der Waals surface area contributed by atoms with Crippen LogP contribution in [0.1, 0.15) is 69.9 Å². The molecule has 0 heterocycles. The monoisotopic (exact) mass is 633 g/mol. The summed E-state index contributed by atoms with van der Waals surface area (Å²) in [7, 11) is -3.80. The molecule has 4 aliphatic rings. The second kappa shape index (κ2) is 12.4. The second-order valence-corrected chi connectivity index (χ2v) is 15.5. The predicted molar refractivity (Wildman–Crippen MR) is 168 cm³/mol. The molecule has 1 unspecified atom stereocenters. The van der Waals surface area contributed by atoms with Crippen molar-refractivity contribution < 1.29 is 18.0 Å². The third-order valence-electron chi connectivity index (χ3n) is 9.54. The van der Waals surface area contributed by atoms with Crippen LogP contribution in [0, 0.1) is 17.8 Å². The fourth-order valence-corrected chi connectivity index (χ4v) is 9.04. The second-order valence-electron chi connectivity index (χ2n) is 12.8. The van der Waals surface area contributed by atoms with Crippen LogP contribution in [0.15, 0.2) is 42.5 Å². The number of benzene rings is 2. The van der Waals surface area contributed by atoms with E-state index in [2.05, 4.69) is 17.4 Å². The van der Waals surface area contributed by atoms with Crippen molar-refractivity contribution in [3.05, 3.63) is 63.6 Å². The molecule has 2 amide bonds. The topological polar surface area (TPSA) is 86.8 Å². The smallest absolute Gasteiger partial charge is 0.244 e. The van der Waals surface area contributed by atoms with E-state index in [0.717, 1.165) is 34.7 Å². The molecule has 4 bridgehead atoms. The summed E-state index contributed by atoms with van der Waals surface area (Å²) < 4.78 is 27.2. The van der Waals surface area contributed by atoms with Crippen LogP contribution in [0.25, 0.3) is 0 Å². The largest absolute Gasteiger partial charge is 0.354 e. The van der Waals surface area contributed by atoms with Crippen LogP contribution in [0.4, 0.5) is 5.69 Å². The number of hydrogen-bond acceptors (Lipinski definition) is 4. The highest BCUT2D eigenvalue weighted by Crippen LogP contribution is 2.60. The first-order chi connectivity index (χ1) is 19.9. The van der Waals surface area contributed by atoms with Crippen LogP contribution in [-0.2, 0) is 31.6 Å². The van der Waals surface area contributed by atoms with Crippen molar-refractivity contribution in [3.8, 4) is 0 Å². The van der Waals surface area contributed by atoms with E-state index in [9.17, 15) is 18.0 Å². The maximum atomic E-state index is 13.8. The Balaban J connectivity index is 1.39. The Morgan fingerprint density at radius 2 is 1.57 bits per heavy atom. The Morgan fingerprint density at radius 3 is 2.10 bits per heavy atom. The van der Waals surface area contributed by atoms with E-state index in [-0.39, 0.29) is 17.9 Å². The van der Waals surface area contributed by atoms with Crippen LogP contribution in [0.5, 0.6) is 0 Å². The number of nitrogens with zero attached hydrogens (tertiary/aromatic N) is 2. The van der Waals surface area contributed by atoms with Gasteiger partial charge in [0.2, 0.25) is 21.8 Å². The molecule has 0 aromatic heterocycles. The third-order valence-corrected chi connectivity index (χ3v) is 11.4. The van der Waals surface area contributed by atoms with Crippen molar-refractivity contribution in [2.75, 3.05) is 23.7 Å². The van der Waals surface area contributed by atoms with Gasteiger partial charge in [-0.05, 0) is 110 Å². The van der Waals surface area contributed by atoms with Crippen molar-refractivity contribution in [3.63, 3.8) is 0 Å². The lowest BCUT2D eigenvalue weighted by Gasteiger charge is -2.57. The molecular weight excluding hydrogens is 593 g/mol. The average Bonchev–Trinajstić information content (AvgIpc) is 2.93. The minimum absolute atomic E-state index is 0.0684. The Labute approximate surface area is 260 Å². The number of rotatable bonds is 11. The Kier molecular flexibility index (Phi) is 9.17. The van der Waals surface area contributed by atoms with E-state index in [1.807, 2.05) is 19.1 Å². The highest BCUT2D eigenvalue weighted by Gasteiger charge is 2.51. The zero-order valence-electron chi connectivity index (χ0n) is 24.6. The van der Waals surface area contributed by atoms with E-state index < -0.39 is 28.5 Å². The van der Waals surface area contributed by atoms with Gasteiger partial charge in [-0.2, -0.15) is 0 Å². The summed E-state index contributed by atoms with van der Waals surface area (Å²) in [5, 5.41) is 3.55. The molecule has 6 rings (SSSR count). The minimum atomic E-state index is -3.80. The van der Waals surface area contributed by atoms with Gasteiger partial charge in [-0.15, -0.1) is 0 Å². The van der Waals surface area contributed by atoms with Gasteiger partial charge < -0.3 is 10.2 Å². The van der Waals surface area contributed by atoms with Crippen molar-refractivity contribution in [2.24, 2.45) is 17.8 Å². The maximum absolute atomic E-state index is 13.8. The molecule has 228 valence electrons. The lowest BCUT2D eigenvalue weighted by atomic mass is 9.48. The summed E-state index contributed by atoms with van der Waals surface area (Å²) >= 11 is 12.3. The van der Waals surface area contributed by atoms with Crippen molar-refractivity contribution >= 4 is 50.7 Å². The quantitative estimate of drug-likeness (QED) is 0.321. The maximum Gasteiger partial charge on any atom is 0.244 e. The first-order valence-corrected chi connectivity index (χ1v) is 17.6. The number of halogens is 2. The minimum Gasteiger partial charge on any atom is -0.354 e. The average molecular weight is 635 g/mol. The van der Waals surface area contributed by atoms with Crippen molar-refractivity contribution in [1.82, 2.24) is 10.2 Å². The van der Waals surface area contributed by atoms with Gasteiger partial charge in [0.15, 0.2) is 0 Å². The molecule has 2 aromatic carbocycles. The Morgan fingerprint density at radius 1 is 0.976 bits per heavy atom. The number of carbonyl (C=O) groups is 2. The van der Waals surface area contributed by atoms with E-state index in [1.54, 1.807) is 25.1 Å². The van der Waals surface area contributed by atoms with Gasteiger partial charge in [0.1, 0.15) is 12.6 Å². The number of sulfonamides is 1. The van der Waals surface area contributed by atoms with Crippen molar-refractivity contribution in [2.45, 2.75) is 76.8 Å². The summed E-state index contributed by atoms with van der Waals surface area (Å²) in [6.45, 7) is 3.71. The SMILES string of the molecule is CCCNC(=O)C(C)N(Cc1ccc(Cl)c(Cl)c1)C(=O)CN(c1ccc(C23CC4CC(CC(C4)C2)C3)cc1)S(C)(=O)=O. The van der Waals surface area contributed by atoms with E-state index >= 15 is 0 Å². The third kappa shape index (κ3) is 6.61. The van der Waals surface area contributed by atoms with E-state index in [0.29, 0.717) is 27.8 Å². The van der Waals surface area contributed by atoms with Crippen LogP contribution < -0.4 is 9.62 Å². The fourth-order valence-electron chi connectivity index (χ4n) is 7.87. The number of carbonyl (C=O) groups excluding carboxylic acids is 2. The molecule has 1 N–H and O–H groups in total. The molecule has 0 spiro atoms. The van der Waals surface area contributed by atoms with E-state index in [4.69, 9.17) is 23.2 Å². The number of anilines is 1. The molecule has 2 aromatic rings. The molecule has 4 saturated carbocycles. The van der Waals surface area contributed by atoms with Crippen LogP contribution in [0.3, 0.4) is 0 Å².